The van der Waals surface area contributed by atoms with E-state index in [1.807, 2.05) is 30.3 Å². The van der Waals surface area contributed by atoms with Crippen molar-refractivity contribution in [3.8, 4) is 0 Å². The average Bonchev–Trinajstić information content (AvgIpc) is 2.60. The minimum Gasteiger partial charge on any atom is -0.316 e. The van der Waals surface area contributed by atoms with Gasteiger partial charge in [-0.1, -0.05) is 30.3 Å². The molecule has 0 fully saturated rings. The largest absolute Gasteiger partial charge is 0.316 e. The highest BCUT2D eigenvalue weighted by Crippen LogP contribution is 2.21. The van der Waals surface area contributed by atoms with Gasteiger partial charge in [0.05, 0.1) is 16.0 Å². The third-order valence-electron chi connectivity index (χ3n) is 3.86. The van der Waals surface area contributed by atoms with Crippen molar-refractivity contribution in [1.29, 1.82) is 0 Å². The number of rotatable bonds is 6. The van der Waals surface area contributed by atoms with Crippen molar-refractivity contribution in [3.63, 3.8) is 0 Å². The lowest BCUT2D eigenvalue weighted by atomic mass is 10.1. The number of aromatic nitrogens is 2. The molecule has 128 valence electrons. The van der Waals surface area contributed by atoms with Gasteiger partial charge in [0.2, 0.25) is 0 Å². The van der Waals surface area contributed by atoms with Crippen molar-refractivity contribution in [3.05, 3.63) is 84.4 Å². The number of nitro benzene ring substituents is 1. The number of benzene rings is 2. The zero-order valence-corrected chi connectivity index (χ0v) is 13.2. The molecule has 2 aromatic carbocycles. The van der Waals surface area contributed by atoms with Crippen LogP contribution in [0.15, 0.2) is 52.1 Å². The number of nitrogens with one attached hydrogen (secondary N) is 3. The Morgan fingerprint density at radius 3 is 2.48 bits per heavy atom. The van der Waals surface area contributed by atoms with E-state index in [-0.39, 0.29) is 11.2 Å². The highest BCUT2D eigenvalue weighted by Gasteiger charge is 2.13. The fourth-order valence-electron chi connectivity index (χ4n) is 2.63. The first kappa shape index (κ1) is 16.6. The zero-order chi connectivity index (χ0) is 17.8. The van der Waals surface area contributed by atoms with Crippen LogP contribution in [0, 0.1) is 10.1 Å². The Hall–Kier alpha value is -3.26. The molecule has 0 unspecified atom stereocenters. The first-order chi connectivity index (χ1) is 12.0. The van der Waals surface area contributed by atoms with Crippen LogP contribution < -0.4 is 16.4 Å². The Balaban J connectivity index is 1.83. The lowest BCUT2D eigenvalue weighted by Crippen LogP contribution is -2.29. The highest BCUT2D eigenvalue weighted by atomic mass is 16.6. The third-order valence-corrected chi connectivity index (χ3v) is 3.86. The van der Waals surface area contributed by atoms with Crippen molar-refractivity contribution in [1.82, 2.24) is 15.3 Å². The zero-order valence-electron chi connectivity index (χ0n) is 13.2. The maximum atomic E-state index is 11.6. The third kappa shape index (κ3) is 3.81. The molecule has 0 spiro atoms. The summed E-state index contributed by atoms with van der Waals surface area (Å²) in [6, 6.07) is 12.5. The number of nitrogens with zero attached hydrogens (tertiary/aromatic N) is 1. The van der Waals surface area contributed by atoms with Crippen molar-refractivity contribution >= 4 is 16.7 Å². The van der Waals surface area contributed by atoms with E-state index in [9.17, 15) is 19.7 Å². The van der Waals surface area contributed by atoms with Gasteiger partial charge in [-0.2, -0.15) is 0 Å². The summed E-state index contributed by atoms with van der Waals surface area (Å²) in [6.07, 6.45) is 0.807. The van der Waals surface area contributed by atoms with Crippen LogP contribution in [0.5, 0.6) is 0 Å². The number of fused-ring (bicyclic) bond motifs is 1. The summed E-state index contributed by atoms with van der Waals surface area (Å²) in [6.45, 7) is 0.995. The Labute approximate surface area is 141 Å². The summed E-state index contributed by atoms with van der Waals surface area (Å²) < 4.78 is 0. The second-order valence-corrected chi connectivity index (χ2v) is 5.61. The molecule has 0 bridgehead atoms. The van der Waals surface area contributed by atoms with Gasteiger partial charge in [-0.15, -0.1) is 0 Å². The van der Waals surface area contributed by atoms with Crippen LogP contribution in [0.4, 0.5) is 5.69 Å². The van der Waals surface area contributed by atoms with Gasteiger partial charge >= 0.3 is 11.1 Å². The molecule has 1 aromatic heterocycles. The predicted molar refractivity (Wildman–Crippen MR) is 93.7 cm³/mol. The molecule has 0 aliphatic rings. The van der Waals surface area contributed by atoms with Gasteiger partial charge in [-0.25, -0.2) is 0 Å². The van der Waals surface area contributed by atoms with E-state index in [0.29, 0.717) is 24.2 Å². The van der Waals surface area contributed by atoms with E-state index in [4.69, 9.17) is 0 Å². The summed E-state index contributed by atoms with van der Waals surface area (Å²) in [4.78, 5) is 38.4. The van der Waals surface area contributed by atoms with Crippen LogP contribution in [0.1, 0.15) is 11.1 Å². The Bertz CT molecular complexity index is 1020. The molecule has 0 saturated carbocycles. The first-order valence-electron chi connectivity index (χ1n) is 7.73. The van der Waals surface area contributed by atoms with Gasteiger partial charge in [0.25, 0.3) is 5.69 Å². The monoisotopic (exact) mass is 340 g/mol. The second-order valence-electron chi connectivity index (χ2n) is 5.61. The number of non-ortho nitro benzene ring substituents is 1. The van der Waals surface area contributed by atoms with Gasteiger partial charge in [0.15, 0.2) is 0 Å². The molecule has 0 amide bonds. The Kier molecular flexibility index (Phi) is 4.71. The smallest absolute Gasteiger partial charge is 0.314 e. The van der Waals surface area contributed by atoms with Crippen LogP contribution >= 0.6 is 0 Å². The fourth-order valence-corrected chi connectivity index (χ4v) is 2.63. The molecule has 8 nitrogen and oxygen atoms in total. The van der Waals surface area contributed by atoms with Crippen molar-refractivity contribution in [2.24, 2.45) is 0 Å². The average molecular weight is 340 g/mol. The van der Waals surface area contributed by atoms with Crippen molar-refractivity contribution < 1.29 is 4.92 Å². The number of hydrogen-bond acceptors (Lipinski definition) is 5. The van der Waals surface area contributed by atoms with E-state index in [1.54, 1.807) is 0 Å². The summed E-state index contributed by atoms with van der Waals surface area (Å²) in [5.74, 6) is 0. The molecule has 1 heterocycles. The van der Waals surface area contributed by atoms with E-state index in [0.717, 1.165) is 6.42 Å². The van der Waals surface area contributed by atoms with Gasteiger partial charge in [0.1, 0.15) is 0 Å². The molecule has 3 rings (SSSR count). The topological polar surface area (TPSA) is 121 Å². The highest BCUT2D eigenvalue weighted by molar-refractivity contribution is 5.80. The van der Waals surface area contributed by atoms with Crippen molar-refractivity contribution in [2.75, 3.05) is 6.54 Å². The van der Waals surface area contributed by atoms with Crippen LogP contribution in [0.2, 0.25) is 0 Å². The molecule has 3 aromatic rings. The maximum Gasteiger partial charge on any atom is 0.314 e. The molecular formula is C17H16N4O4. The summed E-state index contributed by atoms with van der Waals surface area (Å²) in [7, 11) is 0. The molecule has 25 heavy (non-hydrogen) atoms. The molecule has 8 heteroatoms. The van der Waals surface area contributed by atoms with Gasteiger partial charge in [0, 0.05) is 18.7 Å². The molecule has 3 N–H and O–H groups in total. The second kappa shape index (κ2) is 7.10. The van der Waals surface area contributed by atoms with Crippen LogP contribution in [0.3, 0.4) is 0 Å². The molecule has 0 atom stereocenters. The quantitative estimate of drug-likeness (QED) is 0.271. The number of hydrogen-bond donors (Lipinski definition) is 3. The molecule has 0 aliphatic carbocycles. The standard InChI is InChI=1S/C17H16N4O4/c22-16-17(23)20-15-12(8-13(21(24)25)9-14(15)19-16)10-18-7-6-11-4-2-1-3-5-11/h1-5,8-9,18H,6-7,10H2,(H,19,22)(H,20,23). The normalized spacial score (nSPS) is 10.9. The Morgan fingerprint density at radius 1 is 1.04 bits per heavy atom. The lowest BCUT2D eigenvalue weighted by molar-refractivity contribution is -0.384. The minimum absolute atomic E-state index is 0.143. The number of H-pyrrole nitrogens is 2. The van der Waals surface area contributed by atoms with Gasteiger partial charge in [-0.05, 0) is 24.1 Å². The lowest BCUT2D eigenvalue weighted by Gasteiger charge is -2.08. The summed E-state index contributed by atoms with van der Waals surface area (Å²) in [5, 5.41) is 14.3. The number of nitro groups is 1. The molecular weight excluding hydrogens is 324 g/mol. The van der Waals surface area contributed by atoms with Crippen LogP contribution in [-0.2, 0) is 13.0 Å². The molecule has 0 aliphatic heterocycles. The fraction of sp³-hybridized carbons (Fsp3) is 0.176. The minimum atomic E-state index is -0.837. The predicted octanol–water partition coefficient (Wildman–Crippen LogP) is 1.46. The Morgan fingerprint density at radius 2 is 1.76 bits per heavy atom. The van der Waals surface area contributed by atoms with Gasteiger partial charge in [-0.3, -0.25) is 19.7 Å². The van der Waals surface area contributed by atoms with E-state index in [1.165, 1.54) is 17.7 Å². The van der Waals surface area contributed by atoms with E-state index < -0.39 is 16.0 Å². The maximum absolute atomic E-state index is 11.6. The first-order valence-corrected chi connectivity index (χ1v) is 7.73. The summed E-state index contributed by atoms with van der Waals surface area (Å²) >= 11 is 0. The van der Waals surface area contributed by atoms with E-state index in [2.05, 4.69) is 15.3 Å². The summed E-state index contributed by atoms with van der Waals surface area (Å²) in [5.41, 5.74) is 0.584. The van der Waals surface area contributed by atoms with Crippen LogP contribution in [0.25, 0.3) is 11.0 Å². The van der Waals surface area contributed by atoms with Gasteiger partial charge < -0.3 is 15.3 Å². The molecule has 0 radical (unpaired) electrons. The SMILES string of the molecule is O=c1[nH]c2cc([N+](=O)[O-])cc(CNCCc3ccccc3)c2[nH]c1=O. The van der Waals surface area contributed by atoms with E-state index >= 15 is 0 Å². The van der Waals surface area contributed by atoms with Crippen LogP contribution in [-0.4, -0.2) is 21.4 Å². The van der Waals surface area contributed by atoms with Crippen molar-refractivity contribution in [2.45, 2.75) is 13.0 Å². The molecule has 0 saturated heterocycles. The number of aromatic amines is 2.